The van der Waals surface area contributed by atoms with Crippen molar-refractivity contribution in [2.45, 2.75) is 29.9 Å². The molecule has 0 aliphatic carbocycles. The summed E-state index contributed by atoms with van der Waals surface area (Å²) < 4.78 is 13.1. The van der Waals surface area contributed by atoms with Gasteiger partial charge in [-0.2, -0.15) is 5.10 Å². The number of benzene rings is 1. The third-order valence-electron chi connectivity index (χ3n) is 4.97. The van der Waals surface area contributed by atoms with Gasteiger partial charge in [-0.25, -0.2) is 15.0 Å². The Balaban J connectivity index is 1.56. The zero-order chi connectivity index (χ0) is 22.1. The third-order valence-corrected chi connectivity index (χ3v) is 6.02. The smallest absolute Gasteiger partial charge is 0.231 e. The Morgan fingerprint density at radius 1 is 1.31 bits per heavy atom. The Hall–Kier alpha value is -3.80. The van der Waals surface area contributed by atoms with Crippen LogP contribution in [0.15, 0.2) is 40.8 Å². The second-order valence-electron chi connectivity index (χ2n) is 6.95. The van der Waals surface area contributed by atoms with Gasteiger partial charge in [0.05, 0.1) is 5.69 Å². The van der Waals surface area contributed by atoms with Crippen LogP contribution < -0.4 is 20.5 Å². The molecule has 164 valence electrons. The van der Waals surface area contributed by atoms with Crippen LogP contribution in [0.2, 0.25) is 0 Å². The summed E-state index contributed by atoms with van der Waals surface area (Å²) in [6.45, 7) is 2.90. The number of ether oxygens (including phenoxy) is 2. The highest BCUT2D eigenvalue weighted by molar-refractivity contribution is 7.99. The van der Waals surface area contributed by atoms with Gasteiger partial charge in [-0.1, -0.05) is 18.7 Å². The van der Waals surface area contributed by atoms with Crippen LogP contribution in [0.4, 0.5) is 5.82 Å². The molecule has 1 aromatic carbocycles. The van der Waals surface area contributed by atoms with Crippen molar-refractivity contribution in [2.24, 2.45) is 0 Å². The van der Waals surface area contributed by atoms with Crippen molar-refractivity contribution in [3.8, 4) is 22.8 Å². The number of nitrogen functional groups attached to an aromatic ring is 1. The molecule has 0 unspecified atom stereocenters. The molecule has 1 aliphatic heterocycles. The molecule has 1 amide bonds. The summed E-state index contributed by atoms with van der Waals surface area (Å²) in [5, 5.41) is 10.6. The van der Waals surface area contributed by atoms with Crippen LogP contribution in [-0.2, 0) is 11.3 Å². The number of aromatic amines is 1. The molecule has 0 saturated heterocycles. The fraction of sp³-hybridized carbons (Fsp3) is 0.250. The van der Waals surface area contributed by atoms with Crippen LogP contribution in [0.3, 0.4) is 0 Å². The summed E-state index contributed by atoms with van der Waals surface area (Å²) in [5.41, 5.74) is 8.91. The van der Waals surface area contributed by atoms with Crippen molar-refractivity contribution in [1.82, 2.24) is 35.0 Å². The van der Waals surface area contributed by atoms with Crippen molar-refractivity contribution in [1.29, 1.82) is 0 Å². The van der Waals surface area contributed by atoms with E-state index in [4.69, 9.17) is 20.2 Å². The van der Waals surface area contributed by atoms with Crippen molar-refractivity contribution >= 4 is 34.7 Å². The van der Waals surface area contributed by atoms with Crippen molar-refractivity contribution < 1.29 is 14.3 Å². The van der Waals surface area contributed by atoms with E-state index >= 15 is 0 Å². The maximum absolute atomic E-state index is 11.7. The standard InChI is InChI=1S/C20H20N8O3S/c1-2-16(29)22-5-6-28-19-17(18(21)23-9-24-19)26-20(28)32-15-8-14-13(30-10-31-14)7-11(15)12-3-4-25-27-12/h3-4,7-9H,2,5-6,10H2,1H3,(H,22,29)(H,25,27)(H2,21,23,24). The van der Waals surface area contributed by atoms with E-state index in [1.165, 1.54) is 18.1 Å². The summed E-state index contributed by atoms with van der Waals surface area (Å²) in [6.07, 6.45) is 3.52. The Morgan fingerprint density at radius 3 is 2.94 bits per heavy atom. The fourth-order valence-electron chi connectivity index (χ4n) is 3.37. The molecule has 4 aromatic rings. The number of nitrogens with two attached hydrogens (primary N) is 1. The monoisotopic (exact) mass is 452 g/mol. The Bertz CT molecular complexity index is 1290. The molecule has 0 radical (unpaired) electrons. The molecule has 1 aliphatic rings. The van der Waals surface area contributed by atoms with E-state index in [1.54, 1.807) is 6.20 Å². The first-order valence-electron chi connectivity index (χ1n) is 9.98. The Labute approximate surface area is 186 Å². The average Bonchev–Trinajstić information content (AvgIpc) is 3.54. The number of hydrogen-bond donors (Lipinski definition) is 3. The largest absolute Gasteiger partial charge is 0.454 e. The maximum Gasteiger partial charge on any atom is 0.231 e. The normalized spacial score (nSPS) is 12.4. The predicted molar refractivity (Wildman–Crippen MR) is 117 cm³/mol. The van der Waals surface area contributed by atoms with E-state index in [0.717, 1.165) is 16.2 Å². The molecule has 4 N–H and O–H groups in total. The number of carbonyl (C=O) groups is 1. The zero-order valence-electron chi connectivity index (χ0n) is 17.2. The highest BCUT2D eigenvalue weighted by Crippen LogP contribution is 2.44. The summed E-state index contributed by atoms with van der Waals surface area (Å²) in [4.78, 5) is 25.7. The second-order valence-corrected chi connectivity index (χ2v) is 7.96. The van der Waals surface area contributed by atoms with Gasteiger partial charge in [0.1, 0.15) is 6.33 Å². The molecule has 12 heteroatoms. The average molecular weight is 453 g/mol. The van der Waals surface area contributed by atoms with Gasteiger partial charge in [-0.3, -0.25) is 9.89 Å². The van der Waals surface area contributed by atoms with Crippen LogP contribution >= 0.6 is 11.8 Å². The first-order valence-corrected chi connectivity index (χ1v) is 10.8. The van der Waals surface area contributed by atoms with E-state index < -0.39 is 0 Å². The number of H-pyrrole nitrogens is 1. The molecular weight excluding hydrogens is 432 g/mol. The Morgan fingerprint density at radius 2 is 2.16 bits per heavy atom. The molecule has 5 rings (SSSR count). The Kier molecular flexibility index (Phi) is 5.27. The van der Waals surface area contributed by atoms with E-state index in [1.807, 2.05) is 29.7 Å². The van der Waals surface area contributed by atoms with Crippen molar-refractivity contribution in [3.05, 3.63) is 30.7 Å². The van der Waals surface area contributed by atoms with Crippen LogP contribution in [0.25, 0.3) is 22.4 Å². The van der Waals surface area contributed by atoms with Gasteiger partial charge in [0.2, 0.25) is 12.7 Å². The van der Waals surface area contributed by atoms with Crippen LogP contribution in [0.1, 0.15) is 13.3 Å². The number of carbonyl (C=O) groups excluding carboxylic acids is 1. The molecule has 4 heterocycles. The number of hydrogen-bond acceptors (Lipinski definition) is 9. The summed E-state index contributed by atoms with van der Waals surface area (Å²) >= 11 is 1.44. The molecular formula is C20H20N8O3S. The van der Waals surface area contributed by atoms with Gasteiger partial charge in [0.15, 0.2) is 33.6 Å². The van der Waals surface area contributed by atoms with Gasteiger partial charge in [-0.05, 0) is 18.2 Å². The highest BCUT2D eigenvalue weighted by Gasteiger charge is 2.22. The van der Waals surface area contributed by atoms with E-state index in [2.05, 4.69) is 25.5 Å². The summed E-state index contributed by atoms with van der Waals surface area (Å²) in [5.74, 6) is 1.61. The first kappa shape index (κ1) is 20.1. The number of rotatable bonds is 7. The van der Waals surface area contributed by atoms with Gasteiger partial charge in [-0.15, -0.1) is 0 Å². The van der Waals surface area contributed by atoms with Gasteiger partial charge in [0.25, 0.3) is 0 Å². The minimum atomic E-state index is -0.0185. The van der Waals surface area contributed by atoms with Crippen LogP contribution in [0.5, 0.6) is 11.5 Å². The lowest BCUT2D eigenvalue weighted by Crippen LogP contribution is -2.26. The lowest BCUT2D eigenvalue weighted by Gasteiger charge is -2.12. The molecule has 0 atom stereocenters. The summed E-state index contributed by atoms with van der Waals surface area (Å²) in [7, 11) is 0. The molecule has 0 spiro atoms. The zero-order valence-corrected chi connectivity index (χ0v) is 18.0. The second kappa shape index (κ2) is 8.38. The predicted octanol–water partition coefficient (Wildman–Crippen LogP) is 2.20. The van der Waals surface area contributed by atoms with E-state index in [9.17, 15) is 4.79 Å². The molecule has 11 nitrogen and oxygen atoms in total. The van der Waals surface area contributed by atoms with Gasteiger partial charge >= 0.3 is 0 Å². The number of anilines is 1. The topological polar surface area (TPSA) is 146 Å². The van der Waals surface area contributed by atoms with Gasteiger partial charge < -0.3 is 25.1 Å². The number of amides is 1. The van der Waals surface area contributed by atoms with Gasteiger partial charge in [0, 0.05) is 36.2 Å². The van der Waals surface area contributed by atoms with Crippen LogP contribution in [0, 0.1) is 0 Å². The van der Waals surface area contributed by atoms with E-state index in [0.29, 0.717) is 53.1 Å². The van der Waals surface area contributed by atoms with E-state index in [-0.39, 0.29) is 12.7 Å². The van der Waals surface area contributed by atoms with Crippen LogP contribution in [-0.4, -0.2) is 49.0 Å². The van der Waals surface area contributed by atoms with Crippen molar-refractivity contribution in [3.63, 3.8) is 0 Å². The lowest BCUT2D eigenvalue weighted by atomic mass is 10.1. The molecule has 0 fully saturated rings. The number of nitrogens with zero attached hydrogens (tertiary/aromatic N) is 5. The number of nitrogens with one attached hydrogen (secondary N) is 2. The SMILES string of the molecule is CCC(=O)NCCn1c(Sc2cc3c(cc2-c2ccn[nH]2)OCO3)nc2c(N)ncnc21. The summed E-state index contributed by atoms with van der Waals surface area (Å²) in [6, 6.07) is 5.72. The highest BCUT2D eigenvalue weighted by atomic mass is 32.2. The minimum Gasteiger partial charge on any atom is -0.454 e. The maximum atomic E-state index is 11.7. The fourth-order valence-corrected chi connectivity index (χ4v) is 4.43. The molecule has 0 bridgehead atoms. The third kappa shape index (κ3) is 3.68. The molecule has 32 heavy (non-hydrogen) atoms. The number of imidazole rings is 1. The number of aromatic nitrogens is 6. The molecule has 3 aromatic heterocycles. The number of fused-ring (bicyclic) bond motifs is 2. The molecule has 0 saturated carbocycles. The van der Waals surface area contributed by atoms with Crippen molar-refractivity contribution in [2.75, 3.05) is 19.1 Å². The lowest BCUT2D eigenvalue weighted by molar-refractivity contribution is -0.120. The quantitative estimate of drug-likeness (QED) is 0.384. The first-order chi connectivity index (χ1) is 15.6. The minimum absolute atomic E-state index is 0.0185.